The Balaban J connectivity index is 2.73. The molecule has 0 aromatic carbocycles. The predicted molar refractivity (Wildman–Crippen MR) is 50.1 cm³/mol. The van der Waals surface area contributed by atoms with Crippen LogP contribution in [0.25, 0.3) is 0 Å². The molecule has 0 saturated carbocycles. The summed E-state index contributed by atoms with van der Waals surface area (Å²) >= 11 is 0. The average molecular weight is 216 g/mol. The average Bonchev–Trinajstić information content (AvgIpc) is 2.21. The molecule has 84 valence electrons. The highest BCUT2D eigenvalue weighted by molar-refractivity contribution is 5.41. The van der Waals surface area contributed by atoms with Gasteiger partial charge >= 0.3 is 0 Å². The van der Waals surface area contributed by atoms with Crippen LogP contribution in [0.2, 0.25) is 0 Å². The third-order valence-electron chi connectivity index (χ3n) is 1.67. The Morgan fingerprint density at radius 2 is 2.27 bits per heavy atom. The van der Waals surface area contributed by atoms with E-state index in [9.17, 15) is 10.3 Å². The maximum absolute atomic E-state index is 10.9. The van der Waals surface area contributed by atoms with Gasteiger partial charge in [-0.1, -0.05) is 0 Å². The number of nitrogen functional groups attached to an aromatic ring is 1. The van der Waals surface area contributed by atoms with Crippen molar-refractivity contribution in [2.24, 2.45) is 0 Å². The Hall–Kier alpha value is -1.73. The molecule has 15 heavy (non-hydrogen) atoms. The second kappa shape index (κ2) is 4.67. The number of nitrogens with zero attached hydrogens (tertiary/aromatic N) is 1. The molecule has 1 aromatic heterocycles. The number of rotatable bonds is 4. The predicted octanol–water partition coefficient (Wildman–Crippen LogP) is -1.66. The smallest absolute Gasteiger partial charge is 0.279 e. The minimum atomic E-state index is -1.05. The molecule has 0 bridgehead atoms. The highest BCUT2D eigenvalue weighted by Gasteiger charge is 2.10. The SMILES string of the molecule is Nc1cc(OCC(O)CO)c(O)c[n+]1[O-]. The molecule has 1 unspecified atom stereocenters. The fraction of sp³-hybridized carbons (Fsp3) is 0.375. The molecule has 1 rings (SSSR count). The number of anilines is 1. The Labute approximate surface area is 85.5 Å². The number of hydrogen-bond donors (Lipinski definition) is 4. The lowest BCUT2D eigenvalue weighted by molar-refractivity contribution is -0.590. The summed E-state index contributed by atoms with van der Waals surface area (Å²) in [5.41, 5.74) is 5.28. The van der Waals surface area contributed by atoms with Crippen LogP contribution in [-0.4, -0.2) is 34.6 Å². The molecule has 7 heteroatoms. The van der Waals surface area contributed by atoms with Gasteiger partial charge in [-0.05, 0) is 0 Å². The fourth-order valence-corrected chi connectivity index (χ4v) is 0.875. The van der Waals surface area contributed by atoms with Gasteiger partial charge in [0.2, 0.25) is 0 Å². The maximum Gasteiger partial charge on any atom is 0.279 e. The Kier molecular flexibility index (Phi) is 3.53. The normalized spacial score (nSPS) is 12.4. The van der Waals surface area contributed by atoms with E-state index >= 15 is 0 Å². The summed E-state index contributed by atoms with van der Waals surface area (Å²) in [7, 11) is 0. The van der Waals surface area contributed by atoms with Crippen molar-refractivity contribution < 1.29 is 24.8 Å². The summed E-state index contributed by atoms with van der Waals surface area (Å²) < 4.78 is 5.22. The van der Waals surface area contributed by atoms with E-state index in [2.05, 4.69) is 0 Å². The molecule has 0 amide bonds. The highest BCUT2D eigenvalue weighted by Crippen LogP contribution is 2.24. The Morgan fingerprint density at radius 1 is 1.60 bits per heavy atom. The molecule has 0 radical (unpaired) electrons. The van der Waals surface area contributed by atoms with E-state index in [0.29, 0.717) is 0 Å². The standard InChI is InChI=1S/C8H12N2O5/c9-8-1-7(6(13)2-10(8)14)15-4-5(12)3-11/h1-2,5,11-13H,3-4,9H2. The fourth-order valence-electron chi connectivity index (χ4n) is 0.875. The number of aliphatic hydroxyl groups is 2. The van der Waals surface area contributed by atoms with E-state index in [-0.39, 0.29) is 28.7 Å². The van der Waals surface area contributed by atoms with Crippen LogP contribution in [0.15, 0.2) is 12.3 Å². The van der Waals surface area contributed by atoms with Gasteiger partial charge in [0.05, 0.1) is 12.7 Å². The molecule has 1 aromatic rings. The molecule has 1 heterocycles. The van der Waals surface area contributed by atoms with E-state index < -0.39 is 12.7 Å². The minimum absolute atomic E-state index is 0.0212. The van der Waals surface area contributed by atoms with Gasteiger partial charge < -0.3 is 25.3 Å². The number of aromatic hydroxyl groups is 1. The number of nitrogens with two attached hydrogens (primary N) is 1. The van der Waals surface area contributed by atoms with Gasteiger partial charge in [-0.15, -0.1) is 0 Å². The van der Waals surface area contributed by atoms with Crippen molar-refractivity contribution in [1.29, 1.82) is 0 Å². The van der Waals surface area contributed by atoms with E-state index in [1.54, 1.807) is 0 Å². The monoisotopic (exact) mass is 216 g/mol. The summed E-state index contributed by atoms with van der Waals surface area (Å²) in [6.45, 7) is -0.656. The van der Waals surface area contributed by atoms with Gasteiger partial charge in [-0.2, -0.15) is 0 Å². The van der Waals surface area contributed by atoms with Crippen LogP contribution in [0.5, 0.6) is 11.5 Å². The van der Waals surface area contributed by atoms with Gasteiger partial charge in [0.15, 0.2) is 11.5 Å². The van der Waals surface area contributed by atoms with E-state index in [0.717, 1.165) is 12.3 Å². The number of pyridine rings is 1. The van der Waals surface area contributed by atoms with Crippen molar-refractivity contribution >= 4 is 5.82 Å². The molecular weight excluding hydrogens is 204 g/mol. The third kappa shape index (κ3) is 2.86. The van der Waals surface area contributed by atoms with Gasteiger partial charge in [0, 0.05) is 0 Å². The number of aromatic nitrogens is 1. The lowest BCUT2D eigenvalue weighted by atomic mass is 10.4. The van der Waals surface area contributed by atoms with Crippen LogP contribution in [-0.2, 0) is 0 Å². The second-order valence-corrected chi connectivity index (χ2v) is 2.92. The number of hydrogen-bond acceptors (Lipinski definition) is 6. The van der Waals surface area contributed by atoms with Crippen molar-refractivity contribution in [3.05, 3.63) is 17.5 Å². The van der Waals surface area contributed by atoms with Crippen molar-refractivity contribution in [2.45, 2.75) is 6.10 Å². The molecule has 1 atom stereocenters. The zero-order valence-electron chi connectivity index (χ0n) is 7.83. The summed E-state index contributed by atoms with van der Waals surface area (Å²) in [5, 5.41) is 37.6. The summed E-state index contributed by atoms with van der Waals surface area (Å²) in [6, 6.07) is 1.13. The summed E-state index contributed by atoms with van der Waals surface area (Å²) in [5.74, 6) is -0.544. The zero-order valence-corrected chi connectivity index (χ0v) is 7.83. The Bertz CT molecular complexity index is 344. The molecule has 0 aliphatic rings. The quantitative estimate of drug-likeness (QED) is 0.353. The van der Waals surface area contributed by atoms with Crippen LogP contribution < -0.4 is 15.2 Å². The van der Waals surface area contributed by atoms with E-state index in [4.69, 9.17) is 20.7 Å². The van der Waals surface area contributed by atoms with Crippen molar-refractivity contribution in [3.8, 4) is 11.5 Å². The van der Waals surface area contributed by atoms with Crippen LogP contribution in [0.3, 0.4) is 0 Å². The maximum atomic E-state index is 10.9. The first-order chi connectivity index (χ1) is 7.04. The molecule has 7 nitrogen and oxygen atoms in total. The van der Waals surface area contributed by atoms with Gasteiger partial charge in [0.25, 0.3) is 5.82 Å². The van der Waals surface area contributed by atoms with Crippen molar-refractivity contribution in [2.75, 3.05) is 18.9 Å². The summed E-state index contributed by atoms with van der Waals surface area (Å²) in [6.07, 6.45) is -0.207. The molecule has 0 saturated heterocycles. The van der Waals surface area contributed by atoms with Crippen LogP contribution in [0.1, 0.15) is 0 Å². The van der Waals surface area contributed by atoms with Crippen LogP contribution >= 0.6 is 0 Å². The molecule has 0 fully saturated rings. The molecule has 0 aliphatic heterocycles. The Morgan fingerprint density at radius 3 is 2.87 bits per heavy atom. The molecule has 5 N–H and O–H groups in total. The van der Waals surface area contributed by atoms with Gasteiger partial charge in [0.1, 0.15) is 18.9 Å². The van der Waals surface area contributed by atoms with E-state index in [1.165, 1.54) is 0 Å². The first kappa shape index (κ1) is 11.3. The van der Waals surface area contributed by atoms with Crippen LogP contribution in [0.4, 0.5) is 5.82 Å². The largest absolute Gasteiger partial charge is 0.710 e. The first-order valence-corrected chi connectivity index (χ1v) is 4.18. The topological polar surface area (TPSA) is 123 Å². The third-order valence-corrected chi connectivity index (χ3v) is 1.67. The minimum Gasteiger partial charge on any atom is -0.710 e. The number of ether oxygens (including phenoxy) is 1. The molecular formula is C8H12N2O5. The van der Waals surface area contributed by atoms with E-state index in [1.807, 2.05) is 0 Å². The van der Waals surface area contributed by atoms with Crippen LogP contribution in [0, 0.1) is 5.21 Å². The summed E-state index contributed by atoms with van der Waals surface area (Å²) in [4.78, 5) is 0. The second-order valence-electron chi connectivity index (χ2n) is 2.92. The lowest BCUT2D eigenvalue weighted by Crippen LogP contribution is -2.30. The zero-order chi connectivity index (χ0) is 11.4. The molecule has 0 aliphatic carbocycles. The van der Waals surface area contributed by atoms with Gasteiger partial charge in [-0.3, -0.25) is 5.73 Å². The van der Waals surface area contributed by atoms with Gasteiger partial charge in [-0.25, -0.2) is 4.73 Å². The first-order valence-electron chi connectivity index (χ1n) is 4.18. The molecule has 0 spiro atoms. The van der Waals surface area contributed by atoms with Crippen molar-refractivity contribution in [3.63, 3.8) is 0 Å². The van der Waals surface area contributed by atoms with Crippen molar-refractivity contribution in [1.82, 2.24) is 0 Å². The lowest BCUT2D eigenvalue weighted by Gasteiger charge is -2.12. The highest BCUT2D eigenvalue weighted by atomic mass is 16.5. The number of aliphatic hydroxyl groups excluding tert-OH is 2.